The number of rotatable bonds is 6. The molecule has 28 heavy (non-hydrogen) atoms. The maximum absolute atomic E-state index is 11.1. The van der Waals surface area contributed by atoms with Crippen molar-refractivity contribution in [1.82, 2.24) is 9.88 Å². The Morgan fingerprint density at radius 3 is 2.57 bits per heavy atom. The summed E-state index contributed by atoms with van der Waals surface area (Å²) in [6.45, 7) is 1.55. The number of pyridine rings is 1. The number of thiophene rings is 1. The van der Waals surface area contributed by atoms with Gasteiger partial charge < -0.3 is 5.11 Å². The third-order valence-electron chi connectivity index (χ3n) is 4.63. The molecule has 0 amide bonds. The van der Waals surface area contributed by atoms with E-state index in [1.807, 2.05) is 24.3 Å². The maximum atomic E-state index is 11.1. The van der Waals surface area contributed by atoms with E-state index in [1.54, 1.807) is 6.07 Å². The van der Waals surface area contributed by atoms with Gasteiger partial charge in [0.05, 0.1) is 16.3 Å². The molecule has 140 valence electrons. The van der Waals surface area contributed by atoms with Crippen LogP contribution in [-0.4, -0.2) is 28.0 Å². The molecule has 0 fully saturated rings. The summed E-state index contributed by atoms with van der Waals surface area (Å²) in [7, 11) is 2.09. The Balaban J connectivity index is 1.51. The topological polar surface area (TPSA) is 53.4 Å². The smallest absolute Gasteiger partial charge is 0.345 e. The Morgan fingerprint density at radius 1 is 0.964 bits per heavy atom. The number of fused-ring (bicyclic) bond motifs is 1. The summed E-state index contributed by atoms with van der Waals surface area (Å²) in [4.78, 5) is 19.3. The van der Waals surface area contributed by atoms with Gasteiger partial charge in [-0.25, -0.2) is 4.79 Å². The van der Waals surface area contributed by atoms with Crippen molar-refractivity contribution in [3.63, 3.8) is 0 Å². The quantitative estimate of drug-likeness (QED) is 0.487. The van der Waals surface area contributed by atoms with Crippen LogP contribution >= 0.6 is 11.3 Å². The van der Waals surface area contributed by atoms with Gasteiger partial charge in [0.15, 0.2) is 0 Å². The van der Waals surface area contributed by atoms with Gasteiger partial charge in [0, 0.05) is 13.1 Å². The molecule has 0 aliphatic rings. The van der Waals surface area contributed by atoms with Crippen LogP contribution in [0.3, 0.4) is 0 Å². The standard InChI is InChI=1S/C23H20N2O2S/c1-25(14-17-8-4-7-16-6-2-3-10-19(16)17)15-18-9-5-11-20(24-18)21-12-13-22(28-21)23(26)27/h2-13H,14-15H2,1H3,(H,26,27). The summed E-state index contributed by atoms with van der Waals surface area (Å²) < 4.78 is 0. The number of benzene rings is 2. The minimum Gasteiger partial charge on any atom is -0.477 e. The van der Waals surface area contributed by atoms with Crippen molar-refractivity contribution in [2.24, 2.45) is 0 Å². The molecule has 4 rings (SSSR count). The van der Waals surface area contributed by atoms with Crippen LogP contribution < -0.4 is 0 Å². The van der Waals surface area contributed by atoms with E-state index in [1.165, 1.54) is 27.7 Å². The van der Waals surface area contributed by atoms with Crippen LogP contribution in [0.5, 0.6) is 0 Å². The number of hydrogen-bond donors (Lipinski definition) is 1. The predicted octanol–water partition coefficient (Wildman–Crippen LogP) is 5.29. The Morgan fingerprint density at radius 2 is 1.75 bits per heavy atom. The summed E-state index contributed by atoms with van der Waals surface area (Å²) in [5, 5.41) is 11.6. The molecule has 0 radical (unpaired) electrons. The van der Waals surface area contributed by atoms with Crippen LogP contribution in [0.1, 0.15) is 20.9 Å². The normalized spacial score (nSPS) is 11.2. The molecule has 4 nitrogen and oxygen atoms in total. The summed E-state index contributed by atoms with van der Waals surface area (Å²) in [5.74, 6) is -0.901. The van der Waals surface area contributed by atoms with Crippen LogP contribution in [0.25, 0.3) is 21.3 Å². The molecule has 0 bridgehead atoms. The lowest BCUT2D eigenvalue weighted by Gasteiger charge is -2.18. The molecule has 4 aromatic rings. The van der Waals surface area contributed by atoms with Gasteiger partial charge in [0.25, 0.3) is 0 Å². The lowest BCUT2D eigenvalue weighted by atomic mass is 10.0. The first-order valence-corrected chi connectivity index (χ1v) is 9.86. The van der Waals surface area contributed by atoms with Crippen molar-refractivity contribution in [3.05, 3.63) is 88.9 Å². The molecule has 0 saturated carbocycles. The van der Waals surface area contributed by atoms with Gasteiger partial charge in [-0.2, -0.15) is 0 Å². The molecule has 0 aliphatic carbocycles. The molecular formula is C23H20N2O2S. The van der Waals surface area contributed by atoms with E-state index >= 15 is 0 Å². The molecule has 0 spiro atoms. The number of hydrogen-bond acceptors (Lipinski definition) is 4. The minimum absolute atomic E-state index is 0.329. The van der Waals surface area contributed by atoms with E-state index in [4.69, 9.17) is 10.1 Å². The van der Waals surface area contributed by atoms with Gasteiger partial charge in [-0.15, -0.1) is 11.3 Å². The fourth-order valence-electron chi connectivity index (χ4n) is 3.35. The second-order valence-electron chi connectivity index (χ2n) is 6.79. The van der Waals surface area contributed by atoms with Gasteiger partial charge in [-0.3, -0.25) is 9.88 Å². The molecule has 2 aromatic carbocycles. The van der Waals surface area contributed by atoms with Crippen LogP contribution in [0.2, 0.25) is 0 Å². The van der Waals surface area contributed by atoms with Gasteiger partial charge in [-0.1, -0.05) is 48.5 Å². The number of carbonyl (C=O) groups is 1. The van der Waals surface area contributed by atoms with E-state index in [0.29, 0.717) is 11.4 Å². The van der Waals surface area contributed by atoms with Crippen LogP contribution in [0.15, 0.2) is 72.8 Å². The summed E-state index contributed by atoms with van der Waals surface area (Å²) in [5.41, 5.74) is 3.07. The molecule has 2 heterocycles. The van der Waals surface area contributed by atoms with Gasteiger partial charge in [0.1, 0.15) is 4.88 Å². The second kappa shape index (κ2) is 7.92. The molecule has 0 unspecified atom stereocenters. The highest BCUT2D eigenvalue weighted by molar-refractivity contribution is 7.17. The van der Waals surface area contributed by atoms with Gasteiger partial charge in [-0.05, 0) is 47.6 Å². The average Bonchev–Trinajstić information content (AvgIpc) is 3.19. The highest BCUT2D eigenvalue weighted by Crippen LogP contribution is 2.27. The highest BCUT2D eigenvalue weighted by atomic mass is 32.1. The summed E-state index contributed by atoms with van der Waals surface area (Å²) >= 11 is 1.25. The number of aromatic nitrogens is 1. The predicted molar refractivity (Wildman–Crippen MR) is 114 cm³/mol. The molecule has 0 aliphatic heterocycles. The fraction of sp³-hybridized carbons (Fsp3) is 0.130. The Kier molecular flexibility index (Phi) is 5.19. The lowest BCUT2D eigenvalue weighted by Crippen LogP contribution is -2.18. The SMILES string of the molecule is CN(Cc1cccc(-c2ccc(C(=O)O)s2)n1)Cc1cccc2ccccc12. The van der Waals surface area contributed by atoms with Crippen molar-refractivity contribution in [2.45, 2.75) is 13.1 Å². The number of carboxylic acid groups (broad SMARTS) is 1. The zero-order chi connectivity index (χ0) is 19.5. The fourth-order valence-corrected chi connectivity index (χ4v) is 4.16. The monoisotopic (exact) mass is 388 g/mol. The van der Waals surface area contributed by atoms with E-state index in [0.717, 1.165) is 22.8 Å². The van der Waals surface area contributed by atoms with Gasteiger partial charge >= 0.3 is 5.97 Å². The largest absolute Gasteiger partial charge is 0.477 e. The second-order valence-corrected chi connectivity index (χ2v) is 7.88. The Labute approximate surface area is 167 Å². The lowest BCUT2D eigenvalue weighted by molar-refractivity contribution is 0.0702. The zero-order valence-electron chi connectivity index (χ0n) is 15.5. The van der Waals surface area contributed by atoms with Crippen molar-refractivity contribution >= 4 is 28.1 Å². The third-order valence-corrected chi connectivity index (χ3v) is 5.72. The summed E-state index contributed by atoms with van der Waals surface area (Å²) in [6.07, 6.45) is 0. The molecule has 2 aromatic heterocycles. The number of aromatic carboxylic acids is 1. The minimum atomic E-state index is -0.901. The third kappa shape index (κ3) is 3.96. The Hall–Kier alpha value is -3.02. The van der Waals surface area contributed by atoms with Crippen molar-refractivity contribution < 1.29 is 9.90 Å². The highest BCUT2D eigenvalue weighted by Gasteiger charge is 2.11. The molecular weight excluding hydrogens is 368 g/mol. The molecule has 5 heteroatoms. The van der Waals surface area contributed by atoms with Crippen molar-refractivity contribution in [2.75, 3.05) is 7.05 Å². The summed E-state index contributed by atoms with van der Waals surface area (Å²) in [6, 6.07) is 24.2. The van der Waals surface area contributed by atoms with Crippen LogP contribution in [0, 0.1) is 0 Å². The number of carboxylic acids is 1. The number of nitrogens with zero attached hydrogens (tertiary/aromatic N) is 2. The maximum Gasteiger partial charge on any atom is 0.345 e. The first-order valence-electron chi connectivity index (χ1n) is 9.05. The average molecular weight is 388 g/mol. The van der Waals surface area contributed by atoms with Crippen LogP contribution in [0.4, 0.5) is 0 Å². The van der Waals surface area contributed by atoms with Gasteiger partial charge in [0.2, 0.25) is 0 Å². The first-order chi connectivity index (χ1) is 13.6. The molecule has 1 N–H and O–H groups in total. The molecule has 0 atom stereocenters. The zero-order valence-corrected chi connectivity index (χ0v) is 16.3. The van der Waals surface area contributed by atoms with Crippen LogP contribution in [-0.2, 0) is 13.1 Å². The van der Waals surface area contributed by atoms with Crippen molar-refractivity contribution in [3.8, 4) is 10.6 Å². The van der Waals surface area contributed by atoms with Crippen molar-refractivity contribution in [1.29, 1.82) is 0 Å². The van der Waals surface area contributed by atoms with E-state index < -0.39 is 5.97 Å². The van der Waals surface area contributed by atoms with E-state index in [2.05, 4.69) is 54.4 Å². The van der Waals surface area contributed by atoms with E-state index in [9.17, 15) is 4.79 Å². The Bertz CT molecular complexity index is 1130. The van der Waals surface area contributed by atoms with E-state index in [-0.39, 0.29) is 0 Å². The molecule has 0 saturated heterocycles. The first kappa shape index (κ1) is 18.3.